The number of nitrogens with zero attached hydrogens (tertiary/aromatic N) is 1. The molecule has 1 saturated carbocycles. The highest BCUT2D eigenvalue weighted by molar-refractivity contribution is 9.10. The van der Waals surface area contributed by atoms with E-state index in [4.69, 9.17) is 11.6 Å². The maximum Gasteiger partial charge on any atom is 0.142 e. The maximum absolute atomic E-state index is 9.81. The average molecular weight is 333 g/mol. The van der Waals surface area contributed by atoms with Gasteiger partial charge in [-0.05, 0) is 37.8 Å². The Kier molecular flexibility index (Phi) is 4.65. The molecule has 1 aromatic rings. The zero-order valence-corrected chi connectivity index (χ0v) is 12.2. The number of halogens is 2. The summed E-state index contributed by atoms with van der Waals surface area (Å²) in [5.74, 6) is 0.0416. The van der Waals surface area contributed by atoms with Gasteiger partial charge in [0.2, 0.25) is 0 Å². The molecule has 2 rings (SSSR count). The molecule has 0 spiro atoms. The van der Waals surface area contributed by atoms with Crippen LogP contribution in [0, 0.1) is 0 Å². The number of aliphatic imine (C=N–C) groups is 1. The molecule has 98 valence electrons. The Balaban J connectivity index is 2.13. The molecule has 18 heavy (non-hydrogen) atoms. The van der Waals surface area contributed by atoms with Gasteiger partial charge in [0.15, 0.2) is 0 Å². The second kappa shape index (κ2) is 6.04. The molecule has 1 aliphatic rings. The number of benzene rings is 1. The van der Waals surface area contributed by atoms with Gasteiger partial charge >= 0.3 is 0 Å². The fourth-order valence-corrected chi connectivity index (χ4v) is 2.98. The van der Waals surface area contributed by atoms with Crippen LogP contribution in [0.5, 0.6) is 5.75 Å². The number of aromatic hydroxyl groups is 1. The Labute approximate surface area is 120 Å². The van der Waals surface area contributed by atoms with Crippen LogP contribution in [0.4, 0.5) is 0 Å². The fraction of sp³-hybridized carbons (Fsp3) is 0.462. The highest BCUT2D eigenvalue weighted by atomic mass is 79.9. The molecule has 2 atom stereocenters. The van der Waals surface area contributed by atoms with Crippen molar-refractivity contribution in [3.05, 3.63) is 27.2 Å². The van der Waals surface area contributed by atoms with Crippen molar-refractivity contribution in [1.82, 2.24) is 0 Å². The molecule has 0 saturated heterocycles. The van der Waals surface area contributed by atoms with Gasteiger partial charge in [-0.25, -0.2) is 0 Å². The van der Waals surface area contributed by atoms with E-state index in [1.165, 1.54) is 0 Å². The lowest BCUT2D eigenvalue weighted by Crippen LogP contribution is -2.22. The molecular formula is C13H15BrClNO2. The fourth-order valence-electron chi connectivity index (χ4n) is 2.14. The average Bonchev–Trinajstić information content (AvgIpc) is 2.32. The predicted molar refractivity (Wildman–Crippen MR) is 76.7 cm³/mol. The first kappa shape index (κ1) is 13.8. The van der Waals surface area contributed by atoms with Gasteiger partial charge in [-0.2, -0.15) is 0 Å². The highest BCUT2D eigenvalue weighted by Crippen LogP contribution is 2.30. The van der Waals surface area contributed by atoms with Crippen LogP contribution in [0.1, 0.15) is 31.2 Å². The second-order valence-corrected chi connectivity index (χ2v) is 5.90. The largest absolute Gasteiger partial charge is 0.506 e. The molecule has 1 aromatic carbocycles. The molecule has 0 unspecified atom stereocenters. The summed E-state index contributed by atoms with van der Waals surface area (Å²) >= 11 is 9.21. The summed E-state index contributed by atoms with van der Waals surface area (Å²) in [7, 11) is 0. The molecule has 2 N–H and O–H groups in total. The Morgan fingerprint density at radius 3 is 2.89 bits per heavy atom. The van der Waals surface area contributed by atoms with Crippen molar-refractivity contribution in [3.63, 3.8) is 0 Å². The van der Waals surface area contributed by atoms with Gasteiger partial charge in [0.25, 0.3) is 0 Å². The van der Waals surface area contributed by atoms with E-state index in [0.29, 0.717) is 17.0 Å². The van der Waals surface area contributed by atoms with Crippen molar-refractivity contribution in [1.29, 1.82) is 0 Å². The Morgan fingerprint density at radius 2 is 2.17 bits per heavy atom. The van der Waals surface area contributed by atoms with E-state index in [0.717, 1.165) is 23.7 Å². The van der Waals surface area contributed by atoms with Gasteiger partial charge in [0.1, 0.15) is 5.75 Å². The number of hydrogen-bond donors (Lipinski definition) is 2. The third-order valence-corrected chi connectivity index (χ3v) is 3.85. The standard InChI is InChI=1S/C13H15BrClNO2/c14-9-4-8(13(18)12(15)5-9)7-16-10-2-1-3-11(17)6-10/h4-5,7,10-11,17-18H,1-3,6H2/t10-,11+/m0/s1. The molecule has 0 amide bonds. The van der Waals surface area contributed by atoms with E-state index in [-0.39, 0.29) is 17.9 Å². The van der Waals surface area contributed by atoms with Crippen LogP contribution >= 0.6 is 27.5 Å². The van der Waals surface area contributed by atoms with Gasteiger partial charge in [0.05, 0.1) is 17.2 Å². The lowest BCUT2D eigenvalue weighted by molar-refractivity contribution is 0.121. The van der Waals surface area contributed by atoms with Crippen molar-refractivity contribution in [2.75, 3.05) is 0 Å². The summed E-state index contributed by atoms with van der Waals surface area (Å²) < 4.78 is 0.801. The van der Waals surface area contributed by atoms with Crippen LogP contribution in [0.2, 0.25) is 5.02 Å². The minimum absolute atomic E-state index is 0.0416. The Morgan fingerprint density at radius 1 is 1.39 bits per heavy atom. The third-order valence-electron chi connectivity index (χ3n) is 3.10. The predicted octanol–water partition coefficient (Wildman–Crippen LogP) is 3.53. The minimum atomic E-state index is -0.249. The normalized spacial score (nSPS) is 24.6. The first-order valence-corrected chi connectivity index (χ1v) is 7.12. The topological polar surface area (TPSA) is 52.8 Å². The van der Waals surface area contributed by atoms with Gasteiger partial charge in [-0.15, -0.1) is 0 Å². The number of aliphatic hydroxyl groups excluding tert-OH is 1. The van der Waals surface area contributed by atoms with Gasteiger partial charge in [-0.1, -0.05) is 27.5 Å². The van der Waals surface area contributed by atoms with Crippen LogP contribution < -0.4 is 0 Å². The van der Waals surface area contributed by atoms with Gasteiger partial charge in [-0.3, -0.25) is 4.99 Å². The molecule has 3 nitrogen and oxygen atoms in total. The van der Waals surface area contributed by atoms with E-state index in [9.17, 15) is 10.2 Å². The number of phenolic OH excluding ortho intramolecular Hbond substituents is 1. The quantitative estimate of drug-likeness (QED) is 0.814. The van der Waals surface area contributed by atoms with E-state index in [1.54, 1.807) is 18.3 Å². The molecule has 0 aromatic heterocycles. The van der Waals surface area contributed by atoms with Crippen molar-refractivity contribution >= 4 is 33.7 Å². The lowest BCUT2D eigenvalue weighted by atomic mass is 9.93. The number of rotatable bonds is 2. The van der Waals surface area contributed by atoms with Crippen LogP contribution in [0.3, 0.4) is 0 Å². The zero-order valence-electron chi connectivity index (χ0n) is 9.81. The molecule has 0 radical (unpaired) electrons. The van der Waals surface area contributed by atoms with Crippen molar-refractivity contribution in [2.45, 2.75) is 37.8 Å². The zero-order chi connectivity index (χ0) is 13.1. The summed E-state index contributed by atoms with van der Waals surface area (Å²) in [6, 6.07) is 3.54. The summed E-state index contributed by atoms with van der Waals surface area (Å²) in [5.41, 5.74) is 0.592. The molecule has 1 aliphatic carbocycles. The Hall–Kier alpha value is -0.580. The smallest absolute Gasteiger partial charge is 0.142 e. The number of hydrogen-bond acceptors (Lipinski definition) is 3. The third kappa shape index (κ3) is 3.46. The van der Waals surface area contributed by atoms with Crippen molar-refractivity contribution in [2.24, 2.45) is 4.99 Å². The molecule has 0 heterocycles. The molecule has 1 fully saturated rings. The number of aliphatic hydroxyl groups is 1. The van der Waals surface area contributed by atoms with Crippen LogP contribution in [0.25, 0.3) is 0 Å². The summed E-state index contributed by atoms with van der Waals surface area (Å²) in [6.07, 6.45) is 4.92. The van der Waals surface area contributed by atoms with E-state index < -0.39 is 0 Å². The van der Waals surface area contributed by atoms with E-state index in [1.807, 2.05) is 0 Å². The monoisotopic (exact) mass is 331 g/mol. The molecule has 0 aliphatic heterocycles. The van der Waals surface area contributed by atoms with E-state index >= 15 is 0 Å². The van der Waals surface area contributed by atoms with Crippen LogP contribution in [-0.2, 0) is 0 Å². The Bertz CT molecular complexity index is 465. The van der Waals surface area contributed by atoms with Crippen LogP contribution in [-0.4, -0.2) is 28.6 Å². The highest BCUT2D eigenvalue weighted by Gasteiger charge is 2.18. The summed E-state index contributed by atoms with van der Waals surface area (Å²) in [4.78, 5) is 4.42. The molecule has 0 bridgehead atoms. The van der Waals surface area contributed by atoms with E-state index in [2.05, 4.69) is 20.9 Å². The molecule has 5 heteroatoms. The van der Waals surface area contributed by atoms with Crippen LogP contribution in [0.15, 0.2) is 21.6 Å². The molecular weight excluding hydrogens is 318 g/mol. The van der Waals surface area contributed by atoms with Crippen molar-refractivity contribution in [3.8, 4) is 5.75 Å². The first-order chi connectivity index (χ1) is 8.56. The van der Waals surface area contributed by atoms with Gasteiger partial charge in [0, 0.05) is 16.3 Å². The summed E-state index contributed by atoms with van der Waals surface area (Å²) in [5, 5.41) is 19.7. The SMILES string of the molecule is Oc1c(Cl)cc(Br)cc1C=N[C@H]1CCC[C@@H](O)C1. The lowest BCUT2D eigenvalue weighted by Gasteiger charge is -2.22. The summed E-state index contributed by atoms with van der Waals surface area (Å²) in [6.45, 7) is 0. The first-order valence-electron chi connectivity index (χ1n) is 5.95. The van der Waals surface area contributed by atoms with Gasteiger partial charge < -0.3 is 10.2 Å². The minimum Gasteiger partial charge on any atom is -0.506 e. The maximum atomic E-state index is 9.81. The van der Waals surface area contributed by atoms with Crippen molar-refractivity contribution < 1.29 is 10.2 Å². The number of phenols is 1. The second-order valence-electron chi connectivity index (χ2n) is 4.58.